The van der Waals surface area contributed by atoms with E-state index in [1.54, 1.807) is 25.3 Å². The van der Waals surface area contributed by atoms with E-state index in [2.05, 4.69) is 4.98 Å². The summed E-state index contributed by atoms with van der Waals surface area (Å²) in [5.41, 5.74) is 6.22. The fourth-order valence-electron chi connectivity index (χ4n) is 1.70. The molecule has 0 unspecified atom stereocenters. The Morgan fingerprint density at radius 3 is 3.06 bits per heavy atom. The quantitative estimate of drug-likeness (QED) is 0.748. The summed E-state index contributed by atoms with van der Waals surface area (Å²) in [6.07, 6.45) is 1.67. The molecule has 1 aliphatic rings. The largest absolute Gasteiger partial charge is 0.462 e. The summed E-state index contributed by atoms with van der Waals surface area (Å²) in [5, 5.41) is 0. The van der Waals surface area contributed by atoms with Crippen LogP contribution >= 0.6 is 0 Å². The smallest absolute Gasteiger partial charge is 0.341 e. The lowest BCUT2D eigenvalue weighted by Crippen LogP contribution is -2.56. The standard InChI is InChI=1S/C11H15N3O2/c1-2-16-11(15)9-4-3-5-13-10(9)14-6-8(12)7-14/h3-5,8H,2,6-7,12H2,1H3. The van der Waals surface area contributed by atoms with Gasteiger partial charge in [-0.2, -0.15) is 0 Å². The molecule has 2 heterocycles. The minimum Gasteiger partial charge on any atom is -0.462 e. The highest BCUT2D eigenvalue weighted by molar-refractivity contribution is 5.94. The van der Waals surface area contributed by atoms with Gasteiger partial charge in [0.25, 0.3) is 0 Å². The second-order valence-corrected chi connectivity index (χ2v) is 3.76. The van der Waals surface area contributed by atoms with Gasteiger partial charge >= 0.3 is 5.97 Å². The van der Waals surface area contributed by atoms with E-state index >= 15 is 0 Å². The van der Waals surface area contributed by atoms with Crippen molar-refractivity contribution >= 4 is 11.8 Å². The van der Waals surface area contributed by atoms with E-state index in [0.29, 0.717) is 18.0 Å². The van der Waals surface area contributed by atoms with Crippen LogP contribution in [-0.2, 0) is 4.74 Å². The zero-order chi connectivity index (χ0) is 11.5. The first kappa shape index (κ1) is 10.9. The number of esters is 1. The molecule has 0 saturated carbocycles. The molecule has 5 heteroatoms. The van der Waals surface area contributed by atoms with Crippen molar-refractivity contribution in [2.75, 3.05) is 24.6 Å². The summed E-state index contributed by atoms with van der Waals surface area (Å²) >= 11 is 0. The van der Waals surface area contributed by atoms with Crippen molar-refractivity contribution in [3.05, 3.63) is 23.9 Å². The van der Waals surface area contributed by atoms with E-state index in [-0.39, 0.29) is 12.0 Å². The second kappa shape index (κ2) is 4.49. The van der Waals surface area contributed by atoms with E-state index in [9.17, 15) is 4.79 Å². The summed E-state index contributed by atoms with van der Waals surface area (Å²) in [6, 6.07) is 3.64. The summed E-state index contributed by atoms with van der Waals surface area (Å²) in [5.74, 6) is 0.341. The van der Waals surface area contributed by atoms with Crippen LogP contribution in [0.2, 0.25) is 0 Å². The van der Waals surface area contributed by atoms with Gasteiger partial charge in [-0.05, 0) is 19.1 Å². The van der Waals surface area contributed by atoms with Gasteiger partial charge in [0.2, 0.25) is 0 Å². The Labute approximate surface area is 94.2 Å². The molecule has 86 valence electrons. The molecule has 0 aliphatic carbocycles. The maximum atomic E-state index is 11.7. The Morgan fingerprint density at radius 2 is 2.44 bits per heavy atom. The zero-order valence-electron chi connectivity index (χ0n) is 9.22. The summed E-state index contributed by atoms with van der Waals surface area (Å²) in [6.45, 7) is 3.63. The van der Waals surface area contributed by atoms with Gasteiger partial charge in [0.05, 0.1) is 6.61 Å². The average Bonchev–Trinajstić information content (AvgIpc) is 2.25. The molecule has 5 nitrogen and oxygen atoms in total. The summed E-state index contributed by atoms with van der Waals surface area (Å²) in [4.78, 5) is 17.9. The third kappa shape index (κ3) is 1.99. The number of anilines is 1. The van der Waals surface area contributed by atoms with Gasteiger partial charge in [-0.3, -0.25) is 0 Å². The number of rotatable bonds is 3. The van der Waals surface area contributed by atoms with Crippen LogP contribution in [0.3, 0.4) is 0 Å². The van der Waals surface area contributed by atoms with Gasteiger partial charge in [-0.15, -0.1) is 0 Å². The van der Waals surface area contributed by atoms with Crippen molar-refractivity contribution in [2.24, 2.45) is 5.73 Å². The van der Waals surface area contributed by atoms with Crippen molar-refractivity contribution in [1.82, 2.24) is 4.98 Å². The van der Waals surface area contributed by atoms with Crippen LogP contribution in [-0.4, -0.2) is 36.7 Å². The average molecular weight is 221 g/mol. The third-order valence-corrected chi connectivity index (χ3v) is 2.49. The number of nitrogens with two attached hydrogens (primary N) is 1. The third-order valence-electron chi connectivity index (χ3n) is 2.49. The van der Waals surface area contributed by atoms with Gasteiger partial charge < -0.3 is 15.4 Å². The van der Waals surface area contributed by atoms with E-state index in [4.69, 9.17) is 10.5 Å². The molecule has 0 aromatic carbocycles. The van der Waals surface area contributed by atoms with Crippen molar-refractivity contribution in [2.45, 2.75) is 13.0 Å². The summed E-state index contributed by atoms with van der Waals surface area (Å²) in [7, 11) is 0. The number of hydrogen-bond acceptors (Lipinski definition) is 5. The molecule has 0 amide bonds. The Kier molecular flexibility index (Phi) is 3.05. The molecule has 1 aromatic heterocycles. The number of ether oxygens (including phenoxy) is 1. The molecule has 1 aliphatic heterocycles. The van der Waals surface area contributed by atoms with E-state index in [0.717, 1.165) is 13.1 Å². The molecular weight excluding hydrogens is 206 g/mol. The lowest BCUT2D eigenvalue weighted by atomic mass is 10.1. The lowest BCUT2D eigenvalue weighted by molar-refractivity contribution is 0.0526. The fraction of sp³-hybridized carbons (Fsp3) is 0.455. The monoisotopic (exact) mass is 221 g/mol. The Morgan fingerprint density at radius 1 is 1.69 bits per heavy atom. The maximum Gasteiger partial charge on any atom is 0.341 e. The van der Waals surface area contributed by atoms with Crippen LogP contribution in [0, 0.1) is 0 Å². The van der Waals surface area contributed by atoms with E-state index in [1.165, 1.54) is 0 Å². The normalized spacial score (nSPS) is 15.8. The molecular formula is C11H15N3O2. The molecule has 2 N–H and O–H groups in total. The summed E-state index contributed by atoms with van der Waals surface area (Å²) < 4.78 is 4.98. The van der Waals surface area contributed by atoms with E-state index < -0.39 is 0 Å². The zero-order valence-corrected chi connectivity index (χ0v) is 9.22. The number of pyridine rings is 1. The molecule has 1 fully saturated rings. The van der Waals surface area contributed by atoms with Crippen molar-refractivity contribution in [3.8, 4) is 0 Å². The molecule has 2 rings (SSSR count). The van der Waals surface area contributed by atoms with Gasteiger partial charge in [0.15, 0.2) is 0 Å². The second-order valence-electron chi connectivity index (χ2n) is 3.76. The van der Waals surface area contributed by atoms with Crippen LogP contribution in [0.4, 0.5) is 5.82 Å². The Bertz CT molecular complexity index is 389. The molecule has 0 spiro atoms. The predicted molar refractivity (Wildman–Crippen MR) is 60.4 cm³/mol. The minimum atomic E-state index is -0.328. The van der Waals surface area contributed by atoms with Crippen molar-refractivity contribution < 1.29 is 9.53 Å². The van der Waals surface area contributed by atoms with Gasteiger partial charge in [-0.25, -0.2) is 9.78 Å². The van der Waals surface area contributed by atoms with Crippen LogP contribution in [0.1, 0.15) is 17.3 Å². The number of nitrogens with zero attached hydrogens (tertiary/aromatic N) is 2. The molecule has 0 bridgehead atoms. The highest BCUT2D eigenvalue weighted by Crippen LogP contribution is 2.22. The first-order valence-electron chi connectivity index (χ1n) is 5.35. The first-order chi connectivity index (χ1) is 7.72. The lowest BCUT2D eigenvalue weighted by Gasteiger charge is -2.38. The maximum absolute atomic E-state index is 11.7. The van der Waals surface area contributed by atoms with Gasteiger partial charge in [0.1, 0.15) is 11.4 Å². The number of aromatic nitrogens is 1. The SMILES string of the molecule is CCOC(=O)c1cccnc1N1CC(N)C1. The van der Waals surface area contributed by atoms with Crippen LogP contribution in [0.15, 0.2) is 18.3 Å². The molecule has 0 radical (unpaired) electrons. The molecule has 1 saturated heterocycles. The topological polar surface area (TPSA) is 68.5 Å². The number of hydrogen-bond donors (Lipinski definition) is 1. The number of carbonyl (C=O) groups excluding carboxylic acids is 1. The first-order valence-corrected chi connectivity index (χ1v) is 5.35. The van der Waals surface area contributed by atoms with Gasteiger partial charge in [-0.1, -0.05) is 0 Å². The highest BCUT2D eigenvalue weighted by atomic mass is 16.5. The van der Waals surface area contributed by atoms with Crippen LogP contribution < -0.4 is 10.6 Å². The van der Waals surface area contributed by atoms with Crippen LogP contribution in [0.25, 0.3) is 0 Å². The molecule has 0 atom stereocenters. The molecule has 16 heavy (non-hydrogen) atoms. The molecule has 1 aromatic rings. The predicted octanol–water partition coefficient (Wildman–Crippen LogP) is 0.406. The van der Waals surface area contributed by atoms with Crippen molar-refractivity contribution in [1.29, 1.82) is 0 Å². The van der Waals surface area contributed by atoms with E-state index in [1.807, 2.05) is 4.90 Å². The van der Waals surface area contributed by atoms with Crippen molar-refractivity contribution in [3.63, 3.8) is 0 Å². The van der Waals surface area contributed by atoms with Crippen LogP contribution in [0.5, 0.6) is 0 Å². The highest BCUT2D eigenvalue weighted by Gasteiger charge is 2.28. The Hall–Kier alpha value is -1.62. The number of carbonyl (C=O) groups is 1. The Balaban J connectivity index is 2.20. The van der Waals surface area contributed by atoms with Gasteiger partial charge in [0, 0.05) is 25.3 Å². The fourth-order valence-corrected chi connectivity index (χ4v) is 1.70. The minimum absolute atomic E-state index is 0.178.